The largest absolute Gasteiger partial charge is 0.496 e. The van der Waals surface area contributed by atoms with Crippen molar-refractivity contribution in [1.29, 1.82) is 0 Å². The van der Waals surface area contributed by atoms with E-state index in [4.69, 9.17) is 9.72 Å². The molecule has 1 aromatic carbocycles. The highest BCUT2D eigenvalue weighted by Crippen LogP contribution is 2.26. The number of aryl methyl sites for hydroxylation is 2. The van der Waals surface area contributed by atoms with Gasteiger partial charge in [-0.15, -0.1) is 21.5 Å². The summed E-state index contributed by atoms with van der Waals surface area (Å²) in [4.78, 5) is 6.38. The van der Waals surface area contributed by atoms with Crippen molar-refractivity contribution in [2.45, 2.75) is 78.2 Å². The first-order valence-electron chi connectivity index (χ1n) is 10.9. The number of tetrazole rings is 1. The van der Waals surface area contributed by atoms with Gasteiger partial charge in [0.2, 0.25) is 5.82 Å². The molecular formula is C23H33N5OS. The standard InChI is InChI=1S/C23H33N5OS/c1-16(2)23-24-20(15-30-23)11-9-7-6-8-10-18-14-19(12-13-21(18)29-5)22-25-27-28(26-22)17(3)4/h12-17H,6-11H2,1-5H3. The fourth-order valence-corrected chi connectivity index (χ4v) is 4.22. The quantitative estimate of drug-likeness (QED) is 0.359. The molecule has 0 atom stereocenters. The normalized spacial score (nSPS) is 11.6. The van der Waals surface area contributed by atoms with Crippen LogP contribution in [0, 0.1) is 0 Å². The monoisotopic (exact) mass is 427 g/mol. The Morgan fingerprint density at radius 1 is 1.03 bits per heavy atom. The van der Waals surface area contributed by atoms with Crippen LogP contribution < -0.4 is 4.74 Å². The predicted molar refractivity (Wildman–Crippen MR) is 122 cm³/mol. The van der Waals surface area contributed by atoms with Gasteiger partial charge in [0.05, 0.1) is 23.9 Å². The van der Waals surface area contributed by atoms with Gasteiger partial charge in [-0.1, -0.05) is 26.7 Å². The second-order valence-corrected chi connectivity index (χ2v) is 9.19. The van der Waals surface area contributed by atoms with Crippen molar-refractivity contribution in [3.05, 3.63) is 39.8 Å². The number of methoxy groups -OCH3 is 1. The van der Waals surface area contributed by atoms with E-state index in [2.05, 4.69) is 40.7 Å². The molecule has 3 rings (SSSR count). The van der Waals surface area contributed by atoms with Crippen LogP contribution in [0.3, 0.4) is 0 Å². The van der Waals surface area contributed by atoms with E-state index in [-0.39, 0.29) is 6.04 Å². The summed E-state index contributed by atoms with van der Waals surface area (Å²) in [6.45, 7) is 8.49. The highest BCUT2D eigenvalue weighted by atomic mass is 32.1. The van der Waals surface area contributed by atoms with Crippen LogP contribution in [-0.4, -0.2) is 32.3 Å². The lowest BCUT2D eigenvalue weighted by Gasteiger charge is -2.10. The van der Waals surface area contributed by atoms with Crippen LogP contribution in [0.4, 0.5) is 0 Å². The third kappa shape index (κ3) is 5.88. The average molecular weight is 428 g/mol. The number of thiazole rings is 1. The molecule has 7 heteroatoms. The second kappa shape index (κ2) is 10.7. The summed E-state index contributed by atoms with van der Waals surface area (Å²) in [5.74, 6) is 2.12. The minimum atomic E-state index is 0.199. The molecule has 0 spiro atoms. The molecule has 0 aliphatic rings. The van der Waals surface area contributed by atoms with Crippen LogP contribution in [0.15, 0.2) is 23.6 Å². The molecule has 0 unspecified atom stereocenters. The van der Waals surface area contributed by atoms with Gasteiger partial charge >= 0.3 is 0 Å². The predicted octanol–water partition coefficient (Wildman–Crippen LogP) is 5.86. The maximum atomic E-state index is 5.57. The summed E-state index contributed by atoms with van der Waals surface area (Å²) < 4.78 is 5.57. The van der Waals surface area contributed by atoms with Crippen molar-refractivity contribution >= 4 is 11.3 Å². The Morgan fingerprint density at radius 3 is 2.43 bits per heavy atom. The zero-order valence-corrected chi connectivity index (χ0v) is 19.6. The summed E-state index contributed by atoms with van der Waals surface area (Å²) >= 11 is 1.79. The van der Waals surface area contributed by atoms with Gasteiger partial charge in [0.1, 0.15) is 5.75 Å². The first kappa shape index (κ1) is 22.4. The molecule has 3 aromatic rings. The van der Waals surface area contributed by atoms with E-state index in [1.54, 1.807) is 23.2 Å². The molecule has 0 amide bonds. The topological polar surface area (TPSA) is 65.7 Å². The molecule has 6 nitrogen and oxygen atoms in total. The molecular weight excluding hydrogens is 394 g/mol. The summed E-state index contributed by atoms with van der Waals surface area (Å²) in [5, 5.41) is 16.3. The molecule has 0 bridgehead atoms. The van der Waals surface area contributed by atoms with Crippen LogP contribution in [0.2, 0.25) is 0 Å². The van der Waals surface area contributed by atoms with Gasteiger partial charge in [-0.25, -0.2) is 4.98 Å². The number of benzene rings is 1. The molecule has 2 aromatic heterocycles. The molecule has 0 aliphatic heterocycles. The average Bonchev–Trinajstić information content (AvgIpc) is 3.40. The Labute approximate surface area is 183 Å². The number of aromatic nitrogens is 5. The lowest BCUT2D eigenvalue weighted by molar-refractivity contribution is 0.408. The molecule has 0 aliphatic carbocycles. The molecule has 2 heterocycles. The first-order valence-corrected chi connectivity index (χ1v) is 11.8. The van der Waals surface area contributed by atoms with Crippen molar-refractivity contribution in [1.82, 2.24) is 25.2 Å². The number of ether oxygens (including phenoxy) is 1. The van der Waals surface area contributed by atoms with Crippen molar-refractivity contribution in [2.75, 3.05) is 7.11 Å². The number of unbranched alkanes of at least 4 members (excludes halogenated alkanes) is 3. The third-order valence-corrected chi connectivity index (χ3v) is 6.32. The van der Waals surface area contributed by atoms with Gasteiger partial charge in [0, 0.05) is 16.9 Å². The van der Waals surface area contributed by atoms with Crippen molar-refractivity contribution in [3.8, 4) is 17.1 Å². The summed E-state index contributed by atoms with van der Waals surface area (Å²) in [6, 6.07) is 6.35. The Balaban J connectivity index is 1.50. The Hall–Kier alpha value is -2.28. The molecule has 0 saturated carbocycles. The lowest BCUT2D eigenvalue weighted by Crippen LogP contribution is -2.04. The van der Waals surface area contributed by atoms with Gasteiger partial charge in [-0.2, -0.15) is 4.80 Å². The van der Waals surface area contributed by atoms with Crippen LogP contribution in [0.5, 0.6) is 5.75 Å². The SMILES string of the molecule is COc1ccc(-c2nnn(C(C)C)n2)cc1CCCCCCc1csc(C(C)C)n1. The van der Waals surface area contributed by atoms with E-state index >= 15 is 0 Å². The van der Waals surface area contributed by atoms with Crippen LogP contribution in [0.25, 0.3) is 11.4 Å². The van der Waals surface area contributed by atoms with Crippen molar-refractivity contribution < 1.29 is 4.74 Å². The van der Waals surface area contributed by atoms with E-state index in [0.29, 0.717) is 11.7 Å². The highest BCUT2D eigenvalue weighted by Gasteiger charge is 2.11. The summed E-state index contributed by atoms with van der Waals surface area (Å²) in [6.07, 6.45) is 6.83. The van der Waals surface area contributed by atoms with Gasteiger partial charge in [0.15, 0.2) is 0 Å². The zero-order chi connectivity index (χ0) is 21.5. The maximum absolute atomic E-state index is 5.57. The fraction of sp³-hybridized carbons (Fsp3) is 0.565. The van der Waals surface area contributed by atoms with Crippen LogP contribution in [-0.2, 0) is 12.8 Å². The van der Waals surface area contributed by atoms with E-state index in [9.17, 15) is 0 Å². The molecule has 162 valence electrons. The van der Waals surface area contributed by atoms with Crippen molar-refractivity contribution in [3.63, 3.8) is 0 Å². The number of hydrogen-bond acceptors (Lipinski definition) is 6. The van der Waals surface area contributed by atoms with Gasteiger partial charge < -0.3 is 4.74 Å². The minimum Gasteiger partial charge on any atom is -0.496 e. The minimum absolute atomic E-state index is 0.199. The van der Waals surface area contributed by atoms with E-state index < -0.39 is 0 Å². The van der Waals surface area contributed by atoms with Gasteiger partial charge in [0.25, 0.3) is 0 Å². The molecule has 0 saturated heterocycles. The molecule has 30 heavy (non-hydrogen) atoms. The number of hydrogen-bond donors (Lipinski definition) is 0. The number of rotatable bonds is 11. The maximum Gasteiger partial charge on any atom is 0.204 e. The molecule has 0 radical (unpaired) electrons. The third-order valence-electron chi connectivity index (χ3n) is 5.12. The second-order valence-electron chi connectivity index (χ2n) is 8.30. The molecule has 0 N–H and O–H groups in total. The van der Waals surface area contributed by atoms with E-state index in [1.807, 2.05) is 26.0 Å². The summed E-state index contributed by atoms with van der Waals surface area (Å²) in [5.41, 5.74) is 3.44. The van der Waals surface area contributed by atoms with E-state index in [0.717, 1.165) is 30.6 Å². The van der Waals surface area contributed by atoms with Crippen LogP contribution in [0.1, 0.15) is 81.6 Å². The fourth-order valence-electron chi connectivity index (χ4n) is 3.35. The van der Waals surface area contributed by atoms with Crippen LogP contribution >= 0.6 is 11.3 Å². The number of nitrogens with zero attached hydrogens (tertiary/aromatic N) is 5. The van der Waals surface area contributed by atoms with Gasteiger partial charge in [-0.05, 0) is 68.5 Å². The smallest absolute Gasteiger partial charge is 0.204 e. The lowest BCUT2D eigenvalue weighted by atomic mass is 10.0. The van der Waals surface area contributed by atoms with Gasteiger partial charge in [-0.3, -0.25) is 0 Å². The zero-order valence-electron chi connectivity index (χ0n) is 18.8. The Morgan fingerprint density at radius 2 is 1.80 bits per heavy atom. The van der Waals surface area contributed by atoms with Crippen molar-refractivity contribution in [2.24, 2.45) is 0 Å². The Bertz CT molecular complexity index is 931. The highest BCUT2D eigenvalue weighted by molar-refractivity contribution is 7.09. The van der Waals surface area contributed by atoms with E-state index in [1.165, 1.54) is 35.5 Å². The summed E-state index contributed by atoms with van der Waals surface area (Å²) in [7, 11) is 1.73. The first-order chi connectivity index (χ1) is 14.5. The molecule has 0 fully saturated rings. The Kier molecular flexibility index (Phi) is 7.96.